The third kappa shape index (κ3) is 4.30. The van der Waals surface area contributed by atoms with Crippen molar-refractivity contribution in [2.24, 2.45) is 5.73 Å². The van der Waals surface area contributed by atoms with Crippen molar-refractivity contribution in [2.45, 2.75) is 11.4 Å². The smallest absolute Gasteiger partial charge is 0.240 e. The predicted molar refractivity (Wildman–Crippen MR) is 85.7 cm³/mol. The first-order chi connectivity index (χ1) is 10.0. The van der Waals surface area contributed by atoms with Crippen LogP contribution in [-0.2, 0) is 16.6 Å². The molecule has 1 heterocycles. The molecule has 0 bridgehead atoms. The molecule has 7 heteroatoms. The maximum Gasteiger partial charge on any atom is 0.240 e. The minimum atomic E-state index is -3.60. The van der Waals surface area contributed by atoms with Gasteiger partial charge in [0.1, 0.15) is 0 Å². The van der Waals surface area contributed by atoms with E-state index in [-0.39, 0.29) is 18.0 Å². The van der Waals surface area contributed by atoms with E-state index in [0.717, 1.165) is 10.4 Å². The molecule has 1 aromatic heterocycles. The second-order valence-corrected chi connectivity index (χ2v) is 7.25. The topological polar surface area (TPSA) is 72.2 Å². The van der Waals surface area contributed by atoms with Gasteiger partial charge in [-0.15, -0.1) is 11.3 Å². The quantitative estimate of drug-likeness (QED) is 0.838. The summed E-state index contributed by atoms with van der Waals surface area (Å²) in [5, 5.41) is 2.24. The zero-order valence-electron chi connectivity index (χ0n) is 11.0. The summed E-state index contributed by atoms with van der Waals surface area (Å²) in [5.74, 6) is 5.67. The normalized spacial score (nSPS) is 11.0. The van der Waals surface area contributed by atoms with E-state index in [1.165, 1.54) is 23.5 Å². The molecule has 0 aliphatic carbocycles. The largest absolute Gasteiger partial charge is 0.320 e. The Kier molecular flexibility index (Phi) is 5.39. The monoisotopic (exact) mass is 340 g/mol. The van der Waals surface area contributed by atoms with E-state index in [9.17, 15) is 8.42 Å². The van der Waals surface area contributed by atoms with Gasteiger partial charge in [-0.2, -0.15) is 0 Å². The van der Waals surface area contributed by atoms with Gasteiger partial charge in [0.15, 0.2) is 0 Å². The summed E-state index contributed by atoms with van der Waals surface area (Å²) in [5.41, 5.74) is 6.13. The Bertz CT molecular complexity index is 789. The van der Waals surface area contributed by atoms with Gasteiger partial charge in [0.2, 0.25) is 10.0 Å². The van der Waals surface area contributed by atoms with Crippen molar-refractivity contribution in [3.8, 4) is 11.8 Å². The molecule has 21 heavy (non-hydrogen) atoms. The third-order valence-corrected chi connectivity index (χ3v) is 5.15. The number of hydrogen-bond acceptors (Lipinski definition) is 4. The van der Waals surface area contributed by atoms with Crippen LogP contribution in [-0.4, -0.2) is 15.0 Å². The minimum Gasteiger partial charge on any atom is -0.320 e. The van der Waals surface area contributed by atoms with Gasteiger partial charge in [0.25, 0.3) is 0 Å². The molecule has 0 amide bonds. The van der Waals surface area contributed by atoms with Gasteiger partial charge in [0.05, 0.1) is 11.4 Å². The molecular formula is C14H13ClN2O2S2. The van der Waals surface area contributed by atoms with Gasteiger partial charge in [0, 0.05) is 22.0 Å². The fraction of sp³-hybridized carbons (Fsp3) is 0.143. The number of hydrogen-bond donors (Lipinski definition) is 2. The van der Waals surface area contributed by atoms with E-state index in [1.807, 2.05) is 11.4 Å². The van der Waals surface area contributed by atoms with Crippen LogP contribution in [0.5, 0.6) is 0 Å². The Morgan fingerprint density at radius 3 is 2.86 bits per heavy atom. The van der Waals surface area contributed by atoms with Crippen LogP contribution >= 0.6 is 22.9 Å². The Balaban J connectivity index is 2.14. The fourth-order valence-electron chi connectivity index (χ4n) is 1.61. The van der Waals surface area contributed by atoms with E-state index in [2.05, 4.69) is 16.6 Å². The number of sulfonamides is 1. The number of nitrogens with one attached hydrogen (secondary N) is 1. The summed E-state index contributed by atoms with van der Waals surface area (Å²) in [7, 11) is -3.60. The van der Waals surface area contributed by atoms with Gasteiger partial charge >= 0.3 is 0 Å². The van der Waals surface area contributed by atoms with Crippen molar-refractivity contribution in [2.75, 3.05) is 6.54 Å². The number of benzene rings is 1. The van der Waals surface area contributed by atoms with E-state index < -0.39 is 10.0 Å². The van der Waals surface area contributed by atoms with Crippen LogP contribution in [0.3, 0.4) is 0 Å². The van der Waals surface area contributed by atoms with Crippen molar-refractivity contribution in [1.82, 2.24) is 4.72 Å². The molecule has 0 unspecified atom stereocenters. The zero-order valence-corrected chi connectivity index (χ0v) is 13.4. The lowest BCUT2D eigenvalue weighted by Gasteiger charge is -2.06. The lowest BCUT2D eigenvalue weighted by Crippen LogP contribution is -2.23. The molecule has 0 aliphatic rings. The van der Waals surface area contributed by atoms with Gasteiger partial charge in [-0.25, -0.2) is 13.1 Å². The Morgan fingerprint density at radius 2 is 2.14 bits per heavy atom. The van der Waals surface area contributed by atoms with Gasteiger partial charge in [-0.05, 0) is 29.6 Å². The first-order valence-electron chi connectivity index (χ1n) is 6.03. The standard InChI is InChI=1S/C14H13ClN2O2S2/c15-12-4-1-5-13(9-12)21(18,19)17-10-14-11(3-2-7-16)6-8-20-14/h1,4-6,8-9,17H,7,10,16H2. The summed E-state index contributed by atoms with van der Waals surface area (Å²) in [6, 6.07) is 7.97. The maximum absolute atomic E-state index is 12.2. The molecule has 1 aromatic carbocycles. The zero-order chi connectivity index (χ0) is 15.3. The molecule has 0 fully saturated rings. The Labute approximate surface area is 133 Å². The lowest BCUT2D eigenvalue weighted by atomic mass is 10.2. The van der Waals surface area contributed by atoms with Crippen molar-refractivity contribution in [3.05, 3.63) is 51.2 Å². The van der Waals surface area contributed by atoms with Crippen LogP contribution in [0.2, 0.25) is 5.02 Å². The molecule has 110 valence electrons. The molecule has 0 spiro atoms. The molecular weight excluding hydrogens is 328 g/mol. The molecule has 0 aliphatic heterocycles. The first-order valence-corrected chi connectivity index (χ1v) is 8.77. The van der Waals surface area contributed by atoms with Gasteiger partial charge in [-0.1, -0.05) is 29.5 Å². The SMILES string of the molecule is NCC#Cc1ccsc1CNS(=O)(=O)c1cccc(Cl)c1. The molecule has 2 rings (SSSR count). The minimum absolute atomic E-state index is 0.140. The second-order valence-electron chi connectivity index (χ2n) is 4.05. The Morgan fingerprint density at radius 1 is 1.33 bits per heavy atom. The molecule has 0 atom stereocenters. The predicted octanol–water partition coefficient (Wildman–Crippen LogP) is 2.19. The van der Waals surface area contributed by atoms with Crippen molar-refractivity contribution in [3.63, 3.8) is 0 Å². The Hall–Kier alpha value is -1.36. The van der Waals surface area contributed by atoms with Crippen LogP contribution in [0.4, 0.5) is 0 Å². The van der Waals surface area contributed by atoms with Crippen LogP contribution in [0.1, 0.15) is 10.4 Å². The van der Waals surface area contributed by atoms with Gasteiger partial charge in [-0.3, -0.25) is 0 Å². The first kappa shape index (κ1) is 16.0. The van der Waals surface area contributed by atoms with E-state index in [0.29, 0.717) is 5.02 Å². The van der Waals surface area contributed by atoms with Crippen LogP contribution in [0, 0.1) is 11.8 Å². The van der Waals surface area contributed by atoms with E-state index in [1.54, 1.807) is 12.1 Å². The van der Waals surface area contributed by atoms with Crippen molar-refractivity contribution in [1.29, 1.82) is 0 Å². The molecule has 0 saturated heterocycles. The van der Waals surface area contributed by atoms with Crippen LogP contribution in [0.15, 0.2) is 40.6 Å². The highest BCUT2D eigenvalue weighted by molar-refractivity contribution is 7.89. The second kappa shape index (κ2) is 7.07. The molecule has 0 saturated carbocycles. The average molecular weight is 341 g/mol. The summed E-state index contributed by atoms with van der Waals surface area (Å²) in [4.78, 5) is 0.989. The summed E-state index contributed by atoms with van der Waals surface area (Å²) in [6.45, 7) is 0.449. The van der Waals surface area contributed by atoms with E-state index >= 15 is 0 Å². The maximum atomic E-state index is 12.2. The molecule has 0 radical (unpaired) electrons. The highest BCUT2D eigenvalue weighted by Crippen LogP contribution is 2.18. The van der Waals surface area contributed by atoms with Crippen LogP contribution < -0.4 is 10.5 Å². The number of halogens is 1. The molecule has 4 nitrogen and oxygen atoms in total. The van der Waals surface area contributed by atoms with Crippen molar-refractivity contribution >= 4 is 33.0 Å². The molecule has 2 aromatic rings. The number of nitrogens with two attached hydrogens (primary N) is 1. The van der Waals surface area contributed by atoms with E-state index in [4.69, 9.17) is 17.3 Å². The number of thiophene rings is 1. The van der Waals surface area contributed by atoms with Gasteiger partial charge < -0.3 is 5.73 Å². The van der Waals surface area contributed by atoms with Crippen LogP contribution in [0.25, 0.3) is 0 Å². The lowest BCUT2D eigenvalue weighted by molar-refractivity contribution is 0.582. The highest BCUT2D eigenvalue weighted by atomic mass is 35.5. The fourth-order valence-corrected chi connectivity index (χ4v) is 3.77. The average Bonchev–Trinajstić information content (AvgIpc) is 2.90. The highest BCUT2D eigenvalue weighted by Gasteiger charge is 2.15. The third-order valence-electron chi connectivity index (χ3n) is 2.60. The van der Waals surface area contributed by atoms with Crippen molar-refractivity contribution < 1.29 is 8.42 Å². The summed E-state index contributed by atoms with van der Waals surface area (Å²) in [6.07, 6.45) is 0. The summed E-state index contributed by atoms with van der Waals surface area (Å²) < 4.78 is 26.9. The number of rotatable bonds is 4. The summed E-state index contributed by atoms with van der Waals surface area (Å²) >= 11 is 7.26. The molecule has 3 N–H and O–H groups in total.